The summed E-state index contributed by atoms with van der Waals surface area (Å²) >= 11 is 0. The number of methoxy groups -OCH3 is 1. The van der Waals surface area contributed by atoms with Crippen LogP contribution in [0.2, 0.25) is 0 Å². The number of rotatable bonds is 5. The minimum absolute atomic E-state index is 0.0574. The van der Waals surface area contributed by atoms with E-state index in [1.54, 1.807) is 6.07 Å². The van der Waals surface area contributed by atoms with E-state index in [-0.39, 0.29) is 17.7 Å². The minimum Gasteiger partial charge on any atom is -0.494 e. The highest BCUT2D eigenvalue weighted by Crippen LogP contribution is 2.30. The van der Waals surface area contributed by atoms with E-state index in [9.17, 15) is 4.39 Å². The summed E-state index contributed by atoms with van der Waals surface area (Å²) in [7, 11) is 1.45. The van der Waals surface area contributed by atoms with Gasteiger partial charge in [0.05, 0.1) is 7.11 Å². The number of ether oxygens (including phenoxy) is 3. The zero-order valence-corrected chi connectivity index (χ0v) is 12.3. The number of hydrogen-bond acceptors (Lipinski definition) is 4. The summed E-state index contributed by atoms with van der Waals surface area (Å²) in [6.45, 7) is 1.69. The van der Waals surface area contributed by atoms with Crippen molar-refractivity contribution >= 4 is 0 Å². The molecule has 4 nitrogen and oxygen atoms in total. The number of benzene rings is 2. The third-order valence-electron chi connectivity index (χ3n) is 3.48. The highest BCUT2D eigenvalue weighted by Gasteiger charge is 2.19. The number of fused-ring (bicyclic) bond motifs is 1. The van der Waals surface area contributed by atoms with Gasteiger partial charge < -0.3 is 19.5 Å². The summed E-state index contributed by atoms with van der Waals surface area (Å²) < 4.78 is 30.0. The Hall–Kier alpha value is -2.27. The van der Waals surface area contributed by atoms with E-state index in [1.807, 2.05) is 30.3 Å². The fourth-order valence-corrected chi connectivity index (χ4v) is 2.36. The zero-order chi connectivity index (χ0) is 15.4. The summed E-state index contributed by atoms with van der Waals surface area (Å²) in [6, 6.07) is 12.5. The average molecular weight is 303 g/mol. The Morgan fingerprint density at radius 3 is 2.82 bits per heavy atom. The highest BCUT2D eigenvalue weighted by molar-refractivity contribution is 5.40. The molecule has 0 radical (unpaired) electrons. The first-order valence-electron chi connectivity index (χ1n) is 7.18. The van der Waals surface area contributed by atoms with Gasteiger partial charge in [-0.05, 0) is 29.8 Å². The molecule has 0 aliphatic carbocycles. The summed E-state index contributed by atoms with van der Waals surface area (Å²) in [5, 5.41) is 3.25. The average Bonchev–Trinajstić information content (AvgIpc) is 2.55. The van der Waals surface area contributed by atoms with Gasteiger partial charge in [-0.25, -0.2) is 4.39 Å². The lowest BCUT2D eigenvalue weighted by atomic mass is 10.2. The molecule has 1 aliphatic heterocycles. The molecule has 0 fully saturated rings. The molecule has 22 heavy (non-hydrogen) atoms. The maximum atomic E-state index is 13.6. The van der Waals surface area contributed by atoms with E-state index in [0.29, 0.717) is 19.7 Å². The van der Waals surface area contributed by atoms with Crippen molar-refractivity contribution in [1.29, 1.82) is 0 Å². The van der Waals surface area contributed by atoms with E-state index >= 15 is 0 Å². The number of nitrogens with one attached hydrogen (secondary N) is 1. The van der Waals surface area contributed by atoms with E-state index in [2.05, 4.69) is 5.32 Å². The topological polar surface area (TPSA) is 39.7 Å². The van der Waals surface area contributed by atoms with Crippen LogP contribution < -0.4 is 19.5 Å². The van der Waals surface area contributed by atoms with E-state index in [1.165, 1.54) is 13.2 Å². The van der Waals surface area contributed by atoms with Crippen molar-refractivity contribution < 1.29 is 18.6 Å². The van der Waals surface area contributed by atoms with Crippen molar-refractivity contribution in [2.45, 2.75) is 12.6 Å². The van der Waals surface area contributed by atoms with Crippen LogP contribution >= 0.6 is 0 Å². The van der Waals surface area contributed by atoms with Gasteiger partial charge in [0.1, 0.15) is 12.7 Å². The van der Waals surface area contributed by atoms with E-state index in [4.69, 9.17) is 14.2 Å². The van der Waals surface area contributed by atoms with Crippen LogP contribution in [-0.2, 0) is 6.54 Å². The van der Waals surface area contributed by atoms with Crippen LogP contribution in [0, 0.1) is 5.82 Å². The molecule has 1 atom stereocenters. The molecule has 5 heteroatoms. The van der Waals surface area contributed by atoms with Gasteiger partial charge in [0.15, 0.2) is 23.1 Å². The lowest BCUT2D eigenvalue weighted by molar-refractivity contribution is 0.0902. The smallest absolute Gasteiger partial charge is 0.165 e. The first kappa shape index (κ1) is 14.7. The van der Waals surface area contributed by atoms with Crippen LogP contribution in [0.25, 0.3) is 0 Å². The van der Waals surface area contributed by atoms with Gasteiger partial charge in [-0.3, -0.25) is 0 Å². The van der Waals surface area contributed by atoms with Crippen LogP contribution in [0.5, 0.6) is 17.2 Å². The Kier molecular flexibility index (Phi) is 4.44. The maximum absolute atomic E-state index is 13.6. The van der Waals surface area contributed by atoms with Gasteiger partial charge >= 0.3 is 0 Å². The third-order valence-corrected chi connectivity index (χ3v) is 3.48. The van der Waals surface area contributed by atoms with Crippen LogP contribution in [0.15, 0.2) is 42.5 Å². The molecule has 0 amide bonds. The Labute approximate surface area is 128 Å². The predicted octanol–water partition coefficient (Wildman–Crippen LogP) is 2.76. The molecule has 0 saturated carbocycles. The zero-order valence-electron chi connectivity index (χ0n) is 12.3. The van der Waals surface area contributed by atoms with Gasteiger partial charge in [0, 0.05) is 13.1 Å². The quantitative estimate of drug-likeness (QED) is 0.922. The third kappa shape index (κ3) is 3.31. The second-order valence-corrected chi connectivity index (χ2v) is 5.10. The molecule has 0 saturated heterocycles. The Balaban J connectivity index is 1.51. The second-order valence-electron chi connectivity index (χ2n) is 5.10. The molecule has 1 aliphatic rings. The summed E-state index contributed by atoms with van der Waals surface area (Å²) in [5.74, 6) is 1.43. The highest BCUT2D eigenvalue weighted by atomic mass is 19.1. The monoisotopic (exact) mass is 303 g/mol. The number of halogens is 1. The Morgan fingerprint density at radius 2 is 2.05 bits per heavy atom. The van der Waals surface area contributed by atoms with Gasteiger partial charge in [0.25, 0.3) is 0 Å². The molecule has 1 unspecified atom stereocenters. The van der Waals surface area contributed by atoms with Gasteiger partial charge in [-0.1, -0.05) is 18.2 Å². The molecule has 1 heterocycles. The van der Waals surface area contributed by atoms with Crippen molar-refractivity contribution in [3.05, 3.63) is 53.8 Å². The van der Waals surface area contributed by atoms with E-state index in [0.717, 1.165) is 17.1 Å². The fourth-order valence-electron chi connectivity index (χ4n) is 2.36. The van der Waals surface area contributed by atoms with Gasteiger partial charge in [0.2, 0.25) is 0 Å². The van der Waals surface area contributed by atoms with Crippen molar-refractivity contribution in [3.63, 3.8) is 0 Å². The molecule has 0 aromatic heterocycles. The number of para-hydroxylation sites is 2. The van der Waals surface area contributed by atoms with Gasteiger partial charge in [-0.15, -0.1) is 0 Å². The first-order valence-corrected chi connectivity index (χ1v) is 7.18. The second kappa shape index (κ2) is 6.66. The van der Waals surface area contributed by atoms with Crippen LogP contribution in [0.4, 0.5) is 4.39 Å². The Bertz CT molecular complexity index is 648. The van der Waals surface area contributed by atoms with Crippen molar-refractivity contribution in [2.24, 2.45) is 0 Å². The lowest BCUT2D eigenvalue weighted by Gasteiger charge is -2.26. The van der Waals surface area contributed by atoms with Crippen molar-refractivity contribution in [2.75, 3.05) is 20.3 Å². The predicted molar refractivity (Wildman–Crippen MR) is 81.0 cm³/mol. The van der Waals surface area contributed by atoms with Crippen LogP contribution in [0.1, 0.15) is 5.56 Å². The maximum Gasteiger partial charge on any atom is 0.165 e. The van der Waals surface area contributed by atoms with E-state index < -0.39 is 0 Å². The van der Waals surface area contributed by atoms with Crippen LogP contribution in [-0.4, -0.2) is 26.4 Å². The summed E-state index contributed by atoms with van der Waals surface area (Å²) in [4.78, 5) is 0. The van der Waals surface area contributed by atoms with Gasteiger partial charge in [-0.2, -0.15) is 0 Å². The SMILES string of the molecule is COc1ccc(CNCC2COc3ccccc3O2)cc1F. The molecular formula is C17H18FNO3. The standard InChI is InChI=1S/C17H18FNO3/c1-20-15-7-6-12(8-14(15)18)9-19-10-13-11-21-16-4-2-3-5-17(16)22-13/h2-8,13,19H,9-11H2,1H3. The molecule has 2 aromatic rings. The summed E-state index contributed by atoms with van der Waals surface area (Å²) in [6.07, 6.45) is -0.0574. The normalized spacial score (nSPS) is 16.4. The Morgan fingerprint density at radius 1 is 1.23 bits per heavy atom. The lowest BCUT2D eigenvalue weighted by Crippen LogP contribution is -2.38. The molecule has 0 spiro atoms. The molecule has 2 aromatic carbocycles. The molecule has 3 rings (SSSR count). The summed E-state index contributed by atoms with van der Waals surface area (Å²) in [5.41, 5.74) is 0.857. The van der Waals surface area contributed by atoms with Crippen molar-refractivity contribution in [3.8, 4) is 17.2 Å². The fraction of sp³-hybridized carbons (Fsp3) is 0.294. The molecular weight excluding hydrogens is 285 g/mol. The number of hydrogen-bond donors (Lipinski definition) is 1. The molecule has 1 N–H and O–H groups in total. The van der Waals surface area contributed by atoms with Crippen LogP contribution in [0.3, 0.4) is 0 Å². The largest absolute Gasteiger partial charge is 0.494 e. The molecule has 0 bridgehead atoms. The minimum atomic E-state index is -0.354. The molecule has 116 valence electrons. The van der Waals surface area contributed by atoms with Crippen molar-refractivity contribution in [1.82, 2.24) is 5.32 Å². The first-order chi connectivity index (χ1) is 10.8.